The monoisotopic (exact) mass is 322 g/mol. The molecule has 0 amide bonds. The summed E-state index contributed by atoms with van der Waals surface area (Å²) in [6.45, 7) is 0. The number of hydrogen-bond acceptors (Lipinski definition) is 2. The lowest BCUT2D eigenvalue weighted by Gasteiger charge is -2.07. The van der Waals surface area contributed by atoms with Gasteiger partial charge in [0.25, 0.3) is 0 Å². The van der Waals surface area contributed by atoms with E-state index in [0.717, 1.165) is 40.8 Å². The Bertz CT molecular complexity index is 598. The third-order valence-electron chi connectivity index (χ3n) is 3.24. The van der Waals surface area contributed by atoms with Crippen molar-refractivity contribution in [3.05, 3.63) is 56.5 Å². The van der Waals surface area contributed by atoms with Gasteiger partial charge in [-0.1, -0.05) is 45.7 Å². The highest BCUT2D eigenvalue weighted by molar-refractivity contribution is 9.10. The number of aryl methyl sites for hydroxylation is 1. The van der Waals surface area contributed by atoms with Gasteiger partial charge in [0.15, 0.2) is 0 Å². The highest BCUT2D eigenvalue weighted by Crippen LogP contribution is 2.27. The fourth-order valence-corrected chi connectivity index (χ4v) is 3.05. The van der Waals surface area contributed by atoms with Gasteiger partial charge in [-0.15, -0.1) is 0 Å². The van der Waals surface area contributed by atoms with Crippen LogP contribution in [0.4, 0.5) is 0 Å². The van der Waals surface area contributed by atoms with Crippen LogP contribution in [0.2, 0.25) is 5.15 Å². The Kier molecular flexibility index (Phi) is 3.35. The van der Waals surface area contributed by atoms with Crippen LogP contribution in [0.25, 0.3) is 0 Å². The zero-order chi connectivity index (χ0) is 12.5. The number of aromatic nitrogens is 2. The third-order valence-corrected chi connectivity index (χ3v) is 4.32. The van der Waals surface area contributed by atoms with Crippen LogP contribution >= 0.6 is 27.5 Å². The van der Waals surface area contributed by atoms with Crippen LogP contribution in [-0.2, 0) is 19.3 Å². The molecule has 1 heterocycles. The van der Waals surface area contributed by atoms with Crippen molar-refractivity contribution >= 4 is 27.5 Å². The molecule has 1 aromatic heterocycles. The maximum absolute atomic E-state index is 6.22. The Morgan fingerprint density at radius 3 is 2.83 bits per heavy atom. The molecule has 0 aliphatic heterocycles. The quantitative estimate of drug-likeness (QED) is 0.782. The standard InChI is InChI=1S/C14H12BrClN2/c15-11-6-2-1-4-9(11)8-13-17-12-7-3-5-10(12)14(16)18-13/h1-2,4,6H,3,5,7-8H2. The molecule has 0 fully saturated rings. The molecule has 0 radical (unpaired) electrons. The summed E-state index contributed by atoms with van der Waals surface area (Å²) in [4.78, 5) is 9.05. The van der Waals surface area contributed by atoms with Crippen molar-refractivity contribution in [2.75, 3.05) is 0 Å². The molecule has 0 unspecified atom stereocenters. The van der Waals surface area contributed by atoms with Crippen LogP contribution in [0, 0.1) is 0 Å². The van der Waals surface area contributed by atoms with E-state index in [9.17, 15) is 0 Å². The van der Waals surface area contributed by atoms with E-state index in [0.29, 0.717) is 11.6 Å². The number of benzene rings is 1. The molecule has 1 aliphatic carbocycles. The fourth-order valence-electron chi connectivity index (χ4n) is 2.33. The predicted octanol–water partition coefficient (Wildman–Crippen LogP) is 3.97. The second-order valence-corrected chi connectivity index (χ2v) is 5.69. The Morgan fingerprint density at radius 1 is 1.17 bits per heavy atom. The summed E-state index contributed by atoms with van der Waals surface area (Å²) < 4.78 is 1.09. The van der Waals surface area contributed by atoms with Gasteiger partial charge in [0, 0.05) is 22.2 Å². The molecule has 2 aromatic rings. The van der Waals surface area contributed by atoms with Crippen molar-refractivity contribution < 1.29 is 0 Å². The molecule has 2 nitrogen and oxygen atoms in total. The first kappa shape index (κ1) is 12.1. The number of fused-ring (bicyclic) bond motifs is 1. The maximum atomic E-state index is 6.22. The molecule has 18 heavy (non-hydrogen) atoms. The summed E-state index contributed by atoms with van der Waals surface area (Å²) in [6.07, 6.45) is 3.90. The van der Waals surface area contributed by atoms with E-state index >= 15 is 0 Å². The van der Waals surface area contributed by atoms with E-state index in [1.54, 1.807) is 0 Å². The number of nitrogens with zero attached hydrogens (tertiary/aromatic N) is 2. The smallest absolute Gasteiger partial charge is 0.136 e. The Balaban J connectivity index is 1.95. The van der Waals surface area contributed by atoms with Crippen LogP contribution in [0.15, 0.2) is 28.7 Å². The molecule has 1 aromatic carbocycles. The Hall–Kier alpha value is -0.930. The van der Waals surface area contributed by atoms with Gasteiger partial charge in [0.1, 0.15) is 11.0 Å². The minimum atomic E-state index is 0.638. The molecule has 0 saturated heterocycles. The van der Waals surface area contributed by atoms with Gasteiger partial charge >= 0.3 is 0 Å². The zero-order valence-corrected chi connectivity index (χ0v) is 12.1. The molecule has 0 atom stereocenters. The van der Waals surface area contributed by atoms with Crippen LogP contribution in [-0.4, -0.2) is 9.97 Å². The highest BCUT2D eigenvalue weighted by Gasteiger charge is 2.18. The molecule has 1 aliphatic rings. The first-order chi connectivity index (χ1) is 8.74. The Morgan fingerprint density at radius 2 is 2.00 bits per heavy atom. The molecule has 0 N–H and O–H groups in total. The molecule has 0 saturated carbocycles. The van der Waals surface area contributed by atoms with Gasteiger partial charge in [-0.05, 0) is 30.9 Å². The third kappa shape index (κ3) is 2.29. The lowest BCUT2D eigenvalue weighted by Crippen LogP contribution is -2.02. The second kappa shape index (κ2) is 4.98. The predicted molar refractivity (Wildman–Crippen MR) is 76.0 cm³/mol. The largest absolute Gasteiger partial charge is 0.237 e. The minimum Gasteiger partial charge on any atom is -0.237 e. The van der Waals surface area contributed by atoms with Gasteiger partial charge < -0.3 is 0 Å². The minimum absolute atomic E-state index is 0.638. The van der Waals surface area contributed by atoms with E-state index in [1.807, 2.05) is 18.2 Å². The Labute approximate surface area is 120 Å². The maximum Gasteiger partial charge on any atom is 0.136 e. The van der Waals surface area contributed by atoms with Crippen molar-refractivity contribution in [3.63, 3.8) is 0 Å². The summed E-state index contributed by atoms with van der Waals surface area (Å²) in [5.74, 6) is 0.813. The molecule has 92 valence electrons. The summed E-state index contributed by atoms with van der Waals surface area (Å²) in [5.41, 5.74) is 3.47. The number of halogens is 2. The summed E-state index contributed by atoms with van der Waals surface area (Å²) in [7, 11) is 0. The molecule has 0 bridgehead atoms. The normalized spacial score (nSPS) is 13.7. The molecule has 0 spiro atoms. The van der Waals surface area contributed by atoms with Gasteiger partial charge in [-0.2, -0.15) is 0 Å². The average Bonchev–Trinajstić information content (AvgIpc) is 2.81. The van der Waals surface area contributed by atoms with Crippen LogP contribution in [0.1, 0.15) is 29.1 Å². The molecule has 3 rings (SSSR count). The van der Waals surface area contributed by atoms with Crippen LogP contribution < -0.4 is 0 Å². The van der Waals surface area contributed by atoms with Gasteiger partial charge in [0.05, 0.1) is 0 Å². The average molecular weight is 324 g/mol. The van der Waals surface area contributed by atoms with E-state index in [2.05, 4.69) is 32.0 Å². The van der Waals surface area contributed by atoms with Gasteiger partial charge in [0.2, 0.25) is 0 Å². The molecular weight excluding hydrogens is 312 g/mol. The van der Waals surface area contributed by atoms with Crippen molar-refractivity contribution in [2.24, 2.45) is 0 Å². The summed E-state index contributed by atoms with van der Waals surface area (Å²) in [5, 5.41) is 0.638. The van der Waals surface area contributed by atoms with Crippen molar-refractivity contribution in [1.29, 1.82) is 0 Å². The summed E-state index contributed by atoms with van der Waals surface area (Å²) in [6, 6.07) is 8.14. The molecular formula is C14H12BrClN2. The van der Waals surface area contributed by atoms with Crippen molar-refractivity contribution in [3.8, 4) is 0 Å². The lowest BCUT2D eigenvalue weighted by molar-refractivity contribution is 0.885. The van der Waals surface area contributed by atoms with E-state index in [4.69, 9.17) is 11.6 Å². The fraction of sp³-hybridized carbons (Fsp3) is 0.286. The first-order valence-electron chi connectivity index (χ1n) is 6.01. The number of rotatable bonds is 2. The van der Waals surface area contributed by atoms with Gasteiger partial charge in [-0.25, -0.2) is 9.97 Å². The topological polar surface area (TPSA) is 25.8 Å². The van der Waals surface area contributed by atoms with Crippen LogP contribution in [0.5, 0.6) is 0 Å². The summed E-state index contributed by atoms with van der Waals surface area (Å²) >= 11 is 9.76. The van der Waals surface area contributed by atoms with Gasteiger partial charge in [-0.3, -0.25) is 0 Å². The number of hydrogen-bond donors (Lipinski definition) is 0. The van der Waals surface area contributed by atoms with E-state index < -0.39 is 0 Å². The molecule has 4 heteroatoms. The van der Waals surface area contributed by atoms with Crippen molar-refractivity contribution in [2.45, 2.75) is 25.7 Å². The lowest BCUT2D eigenvalue weighted by atomic mass is 10.1. The second-order valence-electron chi connectivity index (χ2n) is 4.48. The zero-order valence-electron chi connectivity index (χ0n) is 9.79. The van der Waals surface area contributed by atoms with E-state index in [-0.39, 0.29) is 0 Å². The van der Waals surface area contributed by atoms with Crippen molar-refractivity contribution in [1.82, 2.24) is 9.97 Å². The SMILES string of the molecule is Clc1nc(Cc2ccccc2Br)nc2c1CCC2. The van der Waals surface area contributed by atoms with Crippen LogP contribution in [0.3, 0.4) is 0 Å². The van der Waals surface area contributed by atoms with E-state index in [1.165, 1.54) is 5.56 Å². The highest BCUT2D eigenvalue weighted by atomic mass is 79.9. The first-order valence-corrected chi connectivity index (χ1v) is 7.18.